The van der Waals surface area contributed by atoms with Gasteiger partial charge in [0.1, 0.15) is 0 Å². The highest BCUT2D eigenvalue weighted by Gasteiger charge is 2.22. The number of halogens is 1. The second kappa shape index (κ2) is 8.53. The molecule has 8 heteroatoms. The molecule has 0 bridgehead atoms. The normalized spacial score (nSPS) is 15.2. The first kappa shape index (κ1) is 20.2. The van der Waals surface area contributed by atoms with Crippen LogP contribution in [-0.4, -0.2) is 38.4 Å². The number of benzene rings is 2. The Kier molecular flexibility index (Phi) is 6.63. The third-order valence-electron chi connectivity index (χ3n) is 4.24. The summed E-state index contributed by atoms with van der Waals surface area (Å²) in [5.74, 6) is -0.104. The van der Waals surface area contributed by atoms with E-state index in [0.717, 1.165) is 12.8 Å². The van der Waals surface area contributed by atoms with E-state index in [2.05, 4.69) is 4.72 Å². The monoisotopic (exact) mass is 395 g/mol. The maximum atomic E-state index is 12.6. The highest BCUT2D eigenvalue weighted by atomic mass is 35.5. The van der Waals surface area contributed by atoms with Crippen molar-refractivity contribution in [1.29, 1.82) is 0 Å². The first-order chi connectivity index (χ1) is 12.0. The van der Waals surface area contributed by atoms with Gasteiger partial charge in [-0.3, -0.25) is 9.52 Å². The molecular formula is C18H22ClN3O3S. The molecule has 140 valence electrons. The number of sulfonamides is 1. The molecule has 1 amide bonds. The molecule has 3 N–H and O–H groups in total. The largest absolute Gasteiger partial charge is 0.339 e. The van der Waals surface area contributed by atoms with E-state index in [1.54, 1.807) is 47.4 Å². The fourth-order valence-corrected chi connectivity index (χ4v) is 3.89. The molecular weight excluding hydrogens is 374 g/mol. The van der Waals surface area contributed by atoms with E-state index >= 15 is 0 Å². The third kappa shape index (κ3) is 4.75. The zero-order chi connectivity index (χ0) is 17.9. The predicted octanol–water partition coefficient (Wildman–Crippen LogP) is 2.47. The SMILES string of the molecule is Cl.NC1CCN(C(=O)c2cccc(NS(=O)(=O)c3ccccc3)c2)CC1. The summed E-state index contributed by atoms with van der Waals surface area (Å²) in [5, 5.41) is 0. The fourth-order valence-electron chi connectivity index (χ4n) is 2.81. The molecule has 6 nitrogen and oxygen atoms in total. The summed E-state index contributed by atoms with van der Waals surface area (Å²) in [6.07, 6.45) is 1.57. The smallest absolute Gasteiger partial charge is 0.261 e. The van der Waals surface area contributed by atoms with Gasteiger partial charge in [-0.2, -0.15) is 0 Å². The highest BCUT2D eigenvalue weighted by Crippen LogP contribution is 2.19. The minimum atomic E-state index is -3.68. The number of carbonyl (C=O) groups excluding carboxylic acids is 1. The van der Waals surface area contributed by atoms with Crippen LogP contribution >= 0.6 is 12.4 Å². The maximum absolute atomic E-state index is 12.6. The Morgan fingerprint density at radius 1 is 1.04 bits per heavy atom. The van der Waals surface area contributed by atoms with E-state index in [-0.39, 0.29) is 29.3 Å². The van der Waals surface area contributed by atoms with Crippen LogP contribution in [0.2, 0.25) is 0 Å². The maximum Gasteiger partial charge on any atom is 0.261 e. The summed E-state index contributed by atoms with van der Waals surface area (Å²) in [6.45, 7) is 1.25. The first-order valence-corrected chi connectivity index (χ1v) is 9.67. The molecule has 0 spiro atoms. The van der Waals surface area contributed by atoms with Crippen molar-refractivity contribution in [2.75, 3.05) is 17.8 Å². The Hall–Kier alpha value is -2.09. The Morgan fingerprint density at radius 2 is 1.69 bits per heavy atom. The van der Waals surface area contributed by atoms with Gasteiger partial charge in [0.05, 0.1) is 4.90 Å². The van der Waals surface area contributed by atoms with E-state index in [9.17, 15) is 13.2 Å². The summed E-state index contributed by atoms with van der Waals surface area (Å²) < 4.78 is 27.3. The molecule has 2 aromatic rings. The number of amides is 1. The van der Waals surface area contributed by atoms with Crippen molar-refractivity contribution >= 4 is 34.0 Å². The van der Waals surface area contributed by atoms with E-state index in [0.29, 0.717) is 24.3 Å². The molecule has 0 unspecified atom stereocenters. The second-order valence-corrected chi connectivity index (χ2v) is 7.81. The number of nitrogens with zero attached hydrogens (tertiary/aromatic N) is 1. The van der Waals surface area contributed by atoms with E-state index in [1.165, 1.54) is 12.1 Å². The van der Waals surface area contributed by atoms with Crippen molar-refractivity contribution in [3.8, 4) is 0 Å². The van der Waals surface area contributed by atoms with Gasteiger partial charge in [-0.15, -0.1) is 12.4 Å². The number of nitrogens with two attached hydrogens (primary N) is 1. The average Bonchev–Trinajstić information content (AvgIpc) is 2.62. The highest BCUT2D eigenvalue weighted by molar-refractivity contribution is 7.92. The van der Waals surface area contributed by atoms with Gasteiger partial charge in [-0.25, -0.2) is 8.42 Å². The van der Waals surface area contributed by atoms with Crippen molar-refractivity contribution in [3.05, 3.63) is 60.2 Å². The molecule has 1 aliphatic rings. The lowest BCUT2D eigenvalue weighted by Crippen LogP contribution is -2.42. The zero-order valence-electron chi connectivity index (χ0n) is 14.2. The standard InChI is InChI=1S/C18H21N3O3S.ClH/c19-15-9-11-21(12-10-15)18(22)14-5-4-6-16(13-14)20-25(23,24)17-7-2-1-3-8-17;/h1-8,13,15,20H,9-12,19H2;1H. The van der Waals surface area contributed by atoms with E-state index in [4.69, 9.17) is 5.73 Å². The van der Waals surface area contributed by atoms with Crippen LogP contribution in [0.15, 0.2) is 59.5 Å². The number of hydrogen-bond donors (Lipinski definition) is 2. The molecule has 0 atom stereocenters. The number of rotatable bonds is 4. The molecule has 1 aliphatic heterocycles. The van der Waals surface area contributed by atoms with Crippen molar-refractivity contribution in [3.63, 3.8) is 0 Å². The Bertz CT molecular complexity index is 851. The summed E-state index contributed by atoms with van der Waals surface area (Å²) in [7, 11) is -3.68. The van der Waals surface area contributed by atoms with Crippen molar-refractivity contribution in [1.82, 2.24) is 4.90 Å². The van der Waals surface area contributed by atoms with Crippen molar-refractivity contribution in [2.24, 2.45) is 5.73 Å². The summed E-state index contributed by atoms with van der Waals surface area (Å²) in [4.78, 5) is 14.5. The van der Waals surface area contributed by atoms with Gasteiger partial charge >= 0.3 is 0 Å². The van der Waals surface area contributed by atoms with Crippen LogP contribution in [0.4, 0.5) is 5.69 Å². The van der Waals surface area contributed by atoms with Gasteiger partial charge in [-0.05, 0) is 43.2 Å². The number of anilines is 1. The summed E-state index contributed by atoms with van der Waals surface area (Å²) >= 11 is 0. The van der Waals surface area contributed by atoms with Crippen LogP contribution < -0.4 is 10.5 Å². The molecule has 3 rings (SSSR count). The van der Waals surface area contributed by atoms with Crippen LogP contribution in [0.5, 0.6) is 0 Å². The number of piperidine rings is 1. The summed E-state index contributed by atoms with van der Waals surface area (Å²) in [6, 6.07) is 14.8. The molecule has 26 heavy (non-hydrogen) atoms. The van der Waals surface area contributed by atoms with Gasteiger partial charge in [0, 0.05) is 30.4 Å². The first-order valence-electron chi connectivity index (χ1n) is 8.18. The predicted molar refractivity (Wildman–Crippen MR) is 104 cm³/mol. The molecule has 1 fully saturated rings. The Balaban J connectivity index is 0.00000243. The number of hydrogen-bond acceptors (Lipinski definition) is 4. The quantitative estimate of drug-likeness (QED) is 0.831. The van der Waals surface area contributed by atoms with Gasteiger partial charge in [0.15, 0.2) is 0 Å². The molecule has 2 aromatic carbocycles. The fraction of sp³-hybridized carbons (Fsp3) is 0.278. The van der Waals surface area contributed by atoms with Crippen LogP contribution in [0.25, 0.3) is 0 Å². The van der Waals surface area contributed by atoms with E-state index in [1.807, 2.05) is 0 Å². The van der Waals surface area contributed by atoms with Crippen LogP contribution in [0, 0.1) is 0 Å². The zero-order valence-corrected chi connectivity index (χ0v) is 15.8. The molecule has 0 aliphatic carbocycles. The third-order valence-corrected chi connectivity index (χ3v) is 5.64. The van der Waals surface area contributed by atoms with Crippen LogP contribution in [0.1, 0.15) is 23.2 Å². The number of nitrogens with one attached hydrogen (secondary N) is 1. The van der Waals surface area contributed by atoms with Gasteiger partial charge in [-0.1, -0.05) is 24.3 Å². The molecule has 1 saturated heterocycles. The topological polar surface area (TPSA) is 92.5 Å². The lowest BCUT2D eigenvalue weighted by molar-refractivity contribution is 0.0715. The van der Waals surface area contributed by atoms with Crippen molar-refractivity contribution < 1.29 is 13.2 Å². The van der Waals surface area contributed by atoms with Gasteiger partial charge < -0.3 is 10.6 Å². The second-order valence-electron chi connectivity index (χ2n) is 6.13. The Labute approximate surface area is 159 Å². The molecule has 0 aromatic heterocycles. The van der Waals surface area contributed by atoms with E-state index < -0.39 is 10.0 Å². The van der Waals surface area contributed by atoms with Crippen LogP contribution in [0.3, 0.4) is 0 Å². The van der Waals surface area contributed by atoms with Gasteiger partial charge in [0.2, 0.25) is 0 Å². The lowest BCUT2D eigenvalue weighted by atomic mass is 10.0. The minimum Gasteiger partial charge on any atom is -0.339 e. The Morgan fingerprint density at radius 3 is 2.35 bits per heavy atom. The number of likely N-dealkylation sites (tertiary alicyclic amines) is 1. The summed E-state index contributed by atoms with van der Waals surface area (Å²) in [5.41, 5.74) is 6.70. The van der Waals surface area contributed by atoms with Crippen LogP contribution in [-0.2, 0) is 10.0 Å². The average molecular weight is 396 g/mol. The number of carbonyl (C=O) groups is 1. The minimum absolute atomic E-state index is 0. The molecule has 0 radical (unpaired) electrons. The molecule has 0 saturated carbocycles. The lowest BCUT2D eigenvalue weighted by Gasteiger charge is -2.30. The molecule has 1 heterocycles. The van der Waals surface area contributed by atoms with Crippen molar-refractivity contribution in [2.45, 2.75) is 23.8 Å². The van der Waals surface area contributed by atoms with Gasteiger partial charge in [0.25, 0.3) is 15.9 Å².